The zero-order valence-corrected chi connectivity index (χ0v) is 22.4. The number of urea groups is 1. The number of amides is 3. The van der Waals surface area contributed by atoms with E-state index in [9.17, 15) is 9.59 Å². The number of nitrogens with zero attached hydrogens (tertiary/aromatic N) is 3. The molecular weight excluding hydrogens is 476 g/mol. The van der Waals surface area contributed by atoms with Crippen molar-refractivity contribution in [3.05, 3.63) is 65.7 Å². The van der Waals surface area contributed by atoms with Crippen LogP contribution in [0, 0.1) is 5.41 Å². The number of methoxy groups -OCH3 is 1. The molecule has 0 saturated carbocycles. The Balaban J connectivity index is 0.00000361. The van der Waals surface area contributed by atoms with E-state index >= 15 is 0 Å². The Hall–Kier alpha value is -2.77. The molecule has 8 heteroatoms. The van der Waals surface area contributed by atoms with E-state index in [-0.39, 0.29) is 35.8 Å². The Kier molecular flexibility index (Phi) is 9.63. The van der Waals surface area contributed by atoms with Crippen molar-refractivity contribution in [1.29, 1.82) is 0 Å². The highest BCUT2D eigenvalue weighted by molar-refractivity contribution is 5.85. The molecule has 3 amide bonds. The molecule has 36 heavy (non-hydrogen) atoms. The van der Waals surface area contributed by atoms with Crippen LogP contribution in [0.3, 0.4) is 0 Å². The van der Waals surface area contributed by atoms with Crippen molar-refractivity contribution < 1.29 is 14.3 Å². The van der Waals surface area contributed by atoms with Crippen LogP contribution in [0.4, 0.5) is 4.79 Å². The molecule has 2 fully saturated rings. The van der Waals surface area contributed by atoms with E-state index in [1.165, 1.54) is 0 Å². The van der Waals surface area contributed by atoms with Crippen molar-refractivity contribution in [3.8, 4) is 5.75 Å². The Morgan fingerprint density at radius 3 is 2.36 bits per heavy atom. The first kappa shape index (κ1) is 27.8. The Morgan fingerprint density at radius 1 is 1.08 bits per heavy atom. The first-order valence-corrected chi connectivity index (χ1v) is 12.5. The minimum Gasteiger partial charge on any atom is -0.497 e. The molecule has 2 saturated heterocycles. The third-order valence-corrected chi connectivity index (χ3v) is 7.49. The van der Waals surface area contributed by atoms with Crippen LogP contribution in [0.25, 0.3) is 0 Å². The summed E-state index contributed by atoms with van der Waals surface area (Å²) in [6, 6.07) is 18.1. The third-order valence-electron chi connectivity index (χ3n) is 7.49. The average Bonchev–Trinajstić information content (AvgIpc) is 3.17. The van der Waals surface area contributed by atoms with Gasteiger partial charge in [-0.15, -0.1) is 12.4 Å². The normalized spacial score (nSPS) is 18.0. The third kappa shape index (κ3) is 6.92. The number of halogens is 1. The first-order chi connectivity index (χ1) is 16.9. The number of piperidine rings is 1. The molecule has 0 aromatic heterocycles. The molecule has 2 heterocycles. The molecule has 0 aliphatic carbocycles. The molecule has 1 N–H and O–H groups in total. The van der Waals surface area contributed by atoms with Gasteiger partial charge in [-0.1, -0.05) is 42.5 Å². The van der Waals surface area contributed by atoms with Crippen LogP contribution in [0.1, 0.15) is 42.9 Å². The smallest absolute Gasteiger partial charge is 0.317 e. The molecule has 7 nitrogen and oxygen atoms in total. The summed E-state index contributed by atoms with van der Waals surface area (Å²) in [6.07, 6.45) is 3.59. The van der Waals surface area contributed by atoms with Crippen LogP contribution in [0.2, 0.25) is 0 Å². The van der Waals surface area contributed by atoms with Gasteiger partial charge in [0.25, 0.3) is 0 Å². The molecule has 2 aromatic rings. The lowest BCUT2D eigenvalue weighted by Gasteiger charge is -2.39. The second kappa shape index (κ2) is 12.5. The van der Waals surface area contributed by atoms with Gasteiger partial charge in [0, 0.05) is 40.2 Å². The first-order valence-electron chi connectivity index (χ1n) is 12.5. The molecule has 1 atom stereocenters. The van der Waals surface area contributed by atoms with Crippen LogP contribution in [0.5, 0.6) is 5.75 Å². The largest absolute Gasteiger partial charge is 0.497 e. The molecule has 2 aliphatic rings. The van der Waals surface area contributed by atoms with Crippen molar-refractivity contribution in [2.24, 2.45) is 5.41 Å². The molecule has 1 spiro atoms. The zero-order valence-electron chi connectivity index (χ0n) is 21.6. The lowest BCUT2D eigenvalue weighted by Crippen LogP contribution is -2.43. The summed E-state index contributed by atoms with van der Waals surface area (Å²) >= 11 is 0. The van der Waals surface area contributed by atoms with Gasteiger partial charge < -0.3 is 24.8 Å². The number of ether oxygens (including phenoxy) is 1. The van der Waals surface area contributed by atoms with Gasteiger partial charge in [-0.2, -0.15) is 0 Å². The summed E-state index contributed by atoms with van der Waals surface area (Å²) in [5.74, 6) is 1.10. The highest BCUT2D eigenvalue weighted by atomic mass is 35.5. The van der Waals surface area contributed by atoms with Crippen LogP contribution < -0.4 is 10.1 Å². The fourth-order valence-electron chi connectivity index (χ4n) is 5.26. The zero-order chi connectivity index (χ0) is 24.8. The van der Waals surface area contributed by atoms with Crippen LogP contribution in [-0.2, 0) is 11.3 Å². The van der Waals surface area contributed by atoms with Crippen molar-refractivity contribution >= 4 is 24.3 Å². The SMILES string of the molecule is COc1ccc(CN2CC3(CCN(CC[C@H](NC(=O)N(C)C)c4ccccc4)CC3)CC2=O)cc1.Cl. The fourth-order valence-corrected chi connectivity index (χ4v) is 5.26. The van der Waals surface area contributed by atoms with Crippen molar-refractivity contribution in [3.63, 3.8) is 0 Å². The van der Waals surface area contributed by atoms with E-state index in [4.69, 9.17) is 4.74 Å². The Morgan fingerprint density at radius 2 is 1.75 bits per heavy atom. The lowest BCUT2D eigenvalue weighted by atomic mass is 9.77. The summed E-state index contributed by atoms with van der Waals surface area (Å²) < 4.78 is 5.24. The number of carbonyl (C=O) groups is 2. The number of hydrogen-bond acceptors (Lipinski definition) is 4. The van der Waals surface area contributed by atoms with Gasteiger partial charge in [0.15, 0.2) is 0 Å². The van der Waals surface area contributed by atoms with Crippen molar-refractivity contribution in [2.75, 3.05) is 47.4 Å². The van der Waals surface area contributed by atoms with E-state index in [0.29, 0.717) is 13.0 Å². The number of nitrogens with one attached hydrogen (secondary N) is 1. The molecule has 2 aromatic carbocycles. The van der Waals surface area contributed by atoms with E-state index < -0.39 is 0 Å². The fraction of sp³-hybridized carbons (Fsp3) is 0.500. The van der Waals surface area contributed by atoms with Crippen molar-refractivity contribution in [2.45, 2.75) is 38.3 Å². The molecule has 4 rings (SSSR count). The minimum absolute atomic E-state index is 0. The van der Waals surface area contributed by atoms with Crippen LogP contribution >= 0.6 is 12.4 Å². The number of benzene rings is 2. The number of hydrogen-bond donors (Lipinski definition) is 1. The maximum atomic E-state index is 12.8. The summed E-state index contributed by atoms with van der Waals surface area (Å²) in [4.78, 5) is 31.3. The van der Waals surface area contributed by atoms with E-state index in [1.807, 2.05) is 47.4 Å². The number of likely N-dealkylation sites (tertiary alicyclic amines) is 2. The molecule has 2 aliphatic heterocycles. The van der Waals surface area contributed by atoms with Gasteiger partial charge >= 0.3 is 6.03 Å². The Bertz CT molecular complexity index is 992. The number of rotatable bonds is 8. The van der Waals surface area contributed by atoms with Gasteiger partial charge in [0.05, 0.1) is 13.2 Å². The van der Waals surface area contributed by atoms with E-state index in [2.05, 4.69) is 22.3 Å². The molecule has 196 valence electrons. The molecule has 0 radical (unpaired) electrons. The highest BCUT2D eigenvalue weighted by Gasteiger charge is 2.44. The Labute approximate surface area is 221 Å². The predicted molar refractivity (Wildman–Crippen MR) is 144 cm³/mol. The minimum atomic E-state index is -0.0714. The van der Waals surface area contributed by atoms with E-state index in [1.54, 1.807) is 26.1 Å². The lowest BCUT2D eigenvalue weighted by molar-refractivity contribution is -0.128. The topological polar surface area (TPSA) is 65.1 Å². The summed E-state index contributed by atoms with van der Waals surface area (Å²) in [5, 5.41) is 3.16. The maximum Gasteiger partial charge on any atom is 0.317 e. The van der Waals surface area contributed by atoms with Gasteiger partial charge in [-0.3, -0.25) is 4.79 Å². The van der Waals surface area contributed by atoms with Gasteiger partial charge in [-0.25, -0.2) is 4.79 Å². The van der Waals surface area contributed by atoms with E-state index in [0.717, 1.165) is 62.3 Å². The summed E-state index contributed by atoms with van der Waals surface area (Å²) in [6.45, 7) is 4.42. The second-order valence-electron chi connectivity index (χ2n) is 10.2. The quantitative estimate of drug-likeness (QED) is 0.569. The number of carbonyl (C=O) groups excluding carboxylic acids is 2. The monoisotopic (exact) mass is 514 g/mol. The molecular formula is C28H39ClN4O3. The average molecular weight is 515 g/mol. The van der Waals surface area contributed by atoms with Gasteiger partial charge in [-0.05, 0) is 61.0 Å². The van der Waals surface area contributed by atoms with Crippen molar-refractivity contribution in [1.82, 2.24) is 20.0 Å². The highest BCUT2D eigenvalue weighted by Crippen LogP contribution is 2.41. The standard InChI is InChI=1S/C28H38N4O3.ClH/c1-30(2)27(34)29-25(23-7-5-4-6-8-23)13-16-31-17-14-28(15-18-31)19-26(33)32(21-28)20-22-9-11-24(35-3)12-10-22;/h4-12,25H,13-21H2,1-3H3,(H,29,34);1H/t25-;/m0./s1. The molecule has 0 unspecified atom stereocenters. The van der Waals surface area contributed by atoms with Gasteiger partial charge in [0.2, 0.25) is 5.91 Å². The van der Waals surface area contributed by atoms with Gasteiger partial charge in [0.1, 0.15) is 5.75 Å². The molecule has 0 bridgehead atoms. The van der Waals surface area contributed by atoms with Crippen LogP contribution in [0.15, 0.2) is 54.6 Å². The second-order valence-corrected chi connectivity index (χ2v) is 10.2. The van der Waals surface area contributed by atoms with Crippen LogP contribution in [-0.4, -0.2) is 74.0 Å². The summed E-state index contributed by atoms with van der Waals surface area (Å²) in [7, 11) is 5.20. The maximum absolute atomic E-state index is 12.8. The summed E-state index contributed by atoms with van der Waals surface area (Å²) in [5.41, 5.74) is 2.37. The predicted octanol–water partition coefficient (Wildman–Crippen LogP) is 4.33.